The Kier molecular flexibility index (Phi) is 4.74. The molecular weight excluding hydrogens is 309 g/mol. The molecule has 0 N–H and O–H groups in total. The third kappa shape index (κ3) is 4.88. The number of nitriles is 1. The molecule has 1 aromatic carbocycles. The van der Waals surface area contributed by atoms with E-state index in [1.165, 1.54) is 24.3 Å². The van der Waals surface area contributed by atoms with Gasteiger partial charge in [0.2, 0.25) is 0 Å². The minimum atomic E-state index is -4.77. The molecule has 4 nitrogen and oxygen atoms in total. The van der Waals surface area contributed by atoms with E-state index >= 15 is 0 Å². The number of nitrogens with zero attached hydrogens (tertiary/aromatic N) is 2. The van der Waals surface area contributed by atoms with Crippen LogP contribution in [0.5, 0.6) is 11.5 Å². The van der Waals surface area contributed by atoms with Crippen LogP contribution in [0.15, 0.2) is 36.4 Å². The maximum Gasteiger partial charge on any atom is 0.573 e. The Morgan fingerprint density at radius 1 is 1.13 bits per heavy atom. The SMILES string of the molecule is CC(C)Oc1cc(C#N)nc(-c2cccc(OC(F)(F)F)c2)c1. The third-order valence-corrected chi connectivity index (χ3v) is 2.65. The molecule has 0 aliphatic carbocycles. The van der Waals surface area contributed by atoms with E-state index < -0.39 is 6.36 Å². The minimum Gasteiger partial charge on any atom is -0.491 e. The molecule has 7 heteroatoms. The predicted molar refractivity (Wildman–Crippen MR) is 76.8 cm³/mol. The molecule has 0 spiro atoms. The number of alkyl halides is 3. The molecule has 0 unspecified atom stereocenters. The first-order valence-corrected chi connectivity index (χ1v) is 6.72. The molecule has 0 saturated carbocycles. The van der Waals surface area contributed by atoms with Gasteiger partial charge in [0.15, 0.2) is 0 Å². The molecule has 120 valence electrons. The molecule has 0 amide bonds. The highest BCUT2D eigenvalue weighted by molar-refractivity contribution is 5.63. The molecule has 2 rings (SSSR count). The highest BCUT2D eigenvalue weighted by Crippen LogP contribution is 2.29. The first-order valence-electron chi connectivity index (χ1n) is 6.72. The number of aromatic nitrogens is 1. The Balaban J connectivity index is 2.41. The molecule has 2 aromatic rings. The van der Waals surface area contributed by atoms with E-state index in [-0.39, 0.29) is 17.5 Å². The van der Waals surface area contributed by atoms with Gasteiger partial charge >= 0.3 is 6.36 Å². The quantitative estimate of drug-likeness (QED) is 0.842. The van der Waals surface area contributed by atoms with Crippen molar-refractivity contribution in [1.29, 1.82) is 5.26 Å². The van der Waals surface area contributed by atoms with E-state index in [2.05, 4.69) is 9.72 Å². The van der Waals surface area contributed by atoms with E-state index in [4.69, 9.17) is 10.00 Å². The van der Waals surface area contributed by atoms with Crippen molar-refractivity contribution < 1.29 is 22.6 Å². The molecular formula is C16H13F3N2O2. The topological polar surface area (TPSA) is 55.1 Å². The zero-order valence-corrected chi connectivity index (χ0v) is 12.4. The summed E-state index contributed by atoms with van der Waals surface area (Å²) in [6, 6.07) is 10.3. The smallest absolute Gasteiger partial charge is 0.491 e. The normalized spacial score (nSPS) is 11.2. The lowest BCUT2D eigenvalue weighted by Crippen LogP contribution is -2.17. The summed E-state index contributed by atoms with van der Waals surface area (Å²) < 4.78 is 46.3. The molecule has 0 atom stereocenters. The van der Waals surface area contributed by atoms with Crippen molar-refractivity contribution in [3.05, 3.63) is 42.1 Å². The van der Waals surface area contributed by atoms with Gasteiger partial charge < -0.3 is 9.47 Å². The van der Waals surface area contributed by atoms with Gasteiger partial charge in [0.25, 0.3) is 0 Å². The van der Waals surface area contributed by atoms with Crippen LogP contribution in [0.2, 0.25) is 0 Å². The highest BCUT2D eigenvalue weighted by Gasteiger charge is 2.31. The lowest BCUT2D eigenvalue weighted by atomic mass is 10.1. The molecule has 1 aromatic heterocycles. The van der Waals surface area contributed by atoms with Crippen molar-refractivity contribution in [1.82, 2.24) is 4.98 Å². The summed E-state index contributed by atoms with van der Waals surface area (Å²) in [4.78, 5) is 4.09. The number of hydrogen-bond acceptors (Lipinski definition) is 4. The lowest BCUT2D eigenvalue weighted by Gasteiger charge is -2.12. The molecule has 0 radical (unpaired) electrons. The first kappa shape index (κ1) is 16.6. The molecule has 1 heterocycles. The lowest BCUT2D eigenvalue weighted by molar-refractivity contribution is -0.274. The third-order valence-electron chi connectivity index (χ3n) is 2.65. The van der Waals surface area contributed by atoms with Crippen molar-refractivity contribution in [2.45, 2.75) is 26.3 Å². The van der Waals surface area contributed by atoms with Crippen LogP contribution < -0.4 is 9.47 Å². The maximum absolute atomic E-state index is 12.3. The van der Waals surface area contributed by atoms with Gasteiger partial charge in [0, 0.05) is 17.7 Å². The molecule has 0 aliphatic heterocycles. The van der Waals surface area contributed by atoms with E-state index in [0.29, 0.717) is 17.0 Å². The second-order valence-corrected chi connectivity index (χ2v) is 4.93. The van der Waals surface area contributed by atoms with E-state index in [9.17, 15) is 13.2 Å². The number of halogens is 3. The zero-order chi connectivity index (χ0) is 17.0. The fourth-order valence-electron chi connectivity index (χ4n) is 1.90. The van der Waals surface area contributed by atoms with Crippen LogP contribution in [0, 0.1) is 11.3 Å². The van der Waals surface area contributed by atoms with Crippen molar-refractivity contribution in [3.8, 4) is 28.8 Å². The monoisotopic (exact) mass is 322 g/mol. The summed E-state index contributed by atoms with van der Waals surface area (Å²) >= 11 is 0. The Bertz CT molecular complexity index is 737. The average molecular weight is 322 g/mol. The molecule has 0 fully saturated rings. The summed E-state index contributed by atoms with van der Waals surface area (Å²) in [6.07, 6.45) is -4.89. The standard InChI is InChI=1S/C16H13F3N2O2/c1-10(2)22-14-7-12(9-20)21-15(8-14)11-4-3-5-13(6-11)23-16(17,18)19/h3-8,10H,1-2H3. The number of benzene rings is 1. The number of hydrogen-bond donors (Lipinski definition) is 0. The average Bonchev–Trinajstić information content (AvgIpc) is 2.44. The van der Waals surface area contributed by atoms with Gasteiger partial charge in [-0.05, 0) is 26.0 Å². The van der Waals surface area contributed by atoms with Gasteiger partial charge in [0.1, 0.15) is 23.3 Å². The Labute approximate surface area is 131 Å². The molecule has 23 heavy (non-hydrogen) atoms. The fourth-order valence-corrected chi connectivity index (χ4v) is 1.90. The van der Waals surface area contributed by atoms with E-state index in [1.807, 2.05) is 19.9 Å². The van der Waals surface area contributed by atoms with Crippen LogP contribution in [0.3, 0.4) is 0 Å². The van der Waals surface area contributed by atoms with Crippen molar-refractivity contribution >= 4 is 0 Å². The van der Waals surface area contributed by atoms with Crippen molar-refractivity contribution in [2.75, 3.05) is 0 Å². The Morgan fingerprint density at radius 2 is 1.87 bits per heavy atom. The summed E-state index contributed by atoms with van der Waals surface area (Å²) in [7, 11) is 0. The summed E-state index contributed by atoms with van der Waals surface area (Å²) in [5, 5.41) is 9.03. The van der Waals surface area contributed by atoms with Crippen LogP contribution in [0.4, 0.5) is 13.2 Å². The summed E-state index contributed by atoms with van der Waals surface area (Å²) in [6.45, 7) is 3.65. The minimum absolute atomic E-state index is 0.111. The van der Waals surface area contributed by atoms with Crippen LogP contribution in [0.1, 0.15) is 19.5 Å². The second kappa shape index (κ2) is 6.57. The van der Waals surface area contributed by atoms with Crippen LogP contribution >= 0.6 is 0 Å². The largest absolute Gasteiger partial charge is 0.573 e. The number of ether oxygens (including phenoxy) is 2. The van der Waals surface area contributed by atoms with Gasteiger partial charge in [-0.25, -0.2) is 4.98 Å². The maximum atomic E-state index is 12.3. The van der Waals surface area contributed by atoms with Crippen LogP contribution in [0.25, 0.3) is 11.3 Å². The first-order chi connectivity index (χ1) is 10.8. The zero-order valence-electron chi connectivity index (χ0n) is 12.4. The van der Waals surface area contributed by atoms with Crippen molar-refractivity contribution in [2.24, 2.45) is 0 Å². The van der Waals surface area contributed by atoms with Crippen LogP contribution in [-0.4, -0.2) is 17.5 Å². The van der Waals surface area contributed by atoms with Gasteiger partial charge in [0.05, 0.1) is 11.8 Å². The Hall–Kier alpha value is -2.75. The predicted octanol–water partition coefficient (Wildman–Crippen LogP) is 4.31. The van der Waals surface area contributed by atoms with Gasteiger partial charge in [-0.1, -0.05) is 12.1 Å². The molecule has 0 aliphatic rings. The molecule has 0 saturated heterocycles. The van der Waals surface area contributed by atoms with Crippen molar-refractivity contribution in [3.63, 3.8) is 0 Å². The van der Waals surface area contributed by atoms with E-state index in [0.717, 1.165) is 0 Å². The van der Waals surface area contributed by atoms with Gasteiger partial charge in [-0.2, -0.15) is 5.26 Å². The number of rotatable bonds is 4. The number of pyridine rings is 1. The second-order valence-electron chi connectivity index (χ2n) is 4.93. The summed E-state index contributed by atoms with van der Waals surface area (Å²) in [5.41, 5.74) is 0.824. The molecule has 0 bridgehead atoms. The Morgan fingerprint density at radius 3 is 2.48 bits per heavy atom. The summed E-state index contributed by atoms with van der Waals surface area (Å²) in [5.74, 6) is 0.0641. The van der Waals surface area contributed by atoms with Gasteiger partial charge in [-0.15, -0.1) is 13.2 Å². The van der Waals surface area contributed by atoms with Crippen LogP contribution in [-0.2, 0) is 0 Å². The highest BCUT2D eigenvalue weighted by atomic mass is 19.4. The van der Waals surface area contributed by atoms with E-state index in [1.54, 1.807) is 12.1 Å². The van der Waals surface area contributed by atoms with Gasteiger partial charge in [-0.3, -0.25) is 0 Å². The fraction of sp³-hybridized carbons (Fsp3) is 0.250.